The van der Waals surface area contributed by atoms with Crippen molar-refractivity contribution in [2.24, 2.45) is 0 Å². The first kappa shape index (κ1) is 13.9. The number of aliphatic hydroxyl groups excluding tert-OH is 1. The summed E-state index contributed by atoms with van der Waals surface area (Å²) >= 11 is 0. The smallest absolute Gasteiger partial charge is 0.327 e. The van der Waals surface area contributed by atoms with Crippen LogP contribution in [0.4, 0.5) is 0 Å². The average Bonchev–Trinajstić information content (AvgIpc) is 2.11. The SMILES string of the molecule is CC(=O)NC(CNC(C)CCO)C(=O)O. The Morgan fingerprint density at radius 1 is 1.40 bits per heavy atom. The predicted molar refractivity (Wildman–Crippen MR) is 54.4 cm³/mol. The fourth-order valence-corrected chi connectivity index (χ4v) is 1.06. The molecule has 0 aliphatic rings. The molecule has 88 valence electrons. The van der Waals surface area contributed by atoms with Crippen molar-refractivity contribution in [3.63, 3.8) is 0 Å². The van der Waals surface area contributed by atoms with Gasteiger partial charge in [0.05, 0.1) is 0 Å². The minimum atomic E-state index is -1.08. The number of carbonyl (C=O) groups is 2. The largest absolute Gasteiger partial charge is 0.480 e. The number of carboxylic acid groups (broad SMARTS) is 1. The maximum Gasteiger partial charge on any atom is 0.327 e. The number of rotatable bonds is 7. The van der Waals surface area contributed by atoms with E-state index in [2.05, 4.69) is 10.6 Å². The molecule has 0 radical (unpaired) electrons. The molecule has 15 heavy (non-hydrogen) atoms. The molecule has 1 amide bonds. The molecular weight excluding hydrogens is 200 g/mol. The van der Waals surface area contributed by atoms with E-state index in [4.69, 9.17) is 10.2 Å². The molecule has 0 heterocycles. The molecule has 0 fully saturated rings. The molecule has 0 bridgehead atoms. The number of nitrogens with one attached hydrogen (secondary N) is 2. The second-order valence-electron chi connectivity index (χ2n) is 3.41. The molecule has 6 nitrogen and oxygen atoms in total. The van der Waals surface area contributed by atoms with Crippen molar-refractivity contribution < 1.29 is 19.8 Å². The van der Waals surface area contributed by atoms with Gasteiger partial charge in [0.1, 0.15) is 6.04 Å². The average molecular weight is 218 g/mol. The van der Waals surface area contributed by atoms with Gasteiger partial charge in [0.15, 0.2) is 0 Å². The Kier molecular flexibility index (Phi) is 6.64. The summed E-state index contributed by atoms with van der Waals surface area (Å²) in [6, 6.07) is -0.908. The van der Waals surface area contributed by atoms with Crippen LogP contribution in [0, 0.1) is 0 Å². The van der Waals surface area contributed by atoms with E-state index in [1.165, 1.54) is 6.92 Å². The topological polar surface area (TPSA) is 98.7 Å². The number of hydrogen-bond donors (Lipinski definition) is 4. The quantitative estimate of drug-likeness (QED) is 0.436. The minimum Gasteiger partial charge on any atom is -0.480 e. The molecule has 0 aromatic heterocycles. The fraction of sp³-hybridized carbons (Fsp3) is 0.778. The van der Waals surface area contributed by atoms with E-state index in [1.807, 2.05) is 6.92 Å². The van der Waals surface area contributed by atoms with Crippen LogP contribution in [-0.4, -0.2) is 47.3 Å². The van der Waals surface area contributed by atoms with Gasteiger partial charge in [-0.15, -0.1) is 0 Å². The van der Waals surface area contributed by atoms with Gasteiger partial charge in [-0.2, -0.15) is 0 Å². The standard InChI is InChI=1S/C9H18N2O4/c1-6(3-4-12)10-5-8(9(14)15)11-7(2)13/h6,8,10,12H,3-5H2,1-2H3,(H,11,13)(H,14,15). The molecule has 0 aromatic rings. The molecule has 2 unspecified atom stereocenters. The highest BCUT2D eigenvalue weighted by Gasteiger charge is 2.18. The molecule has 0 spiro atoms. The first-order valence-electron chi connectivity index (χ1n) is 4.81. The number of hydrogen-bond acceptors (Lipinski definition) is 4. The lowest BCUT2D eigenvalue weighted by Gasteiger charge is -2.17. The lowest BCUT2D eigenvalue weighted by atomic mass is 10.2. The third-order valence-corrected chi connectivity index (χ3v) is 1.91. The van der Waals surface area contributed by atoms with Crippen LogP contribution < -0.4 is 10.6 Å². The van der Waals surface area contributed by atoms with Crippen molar-refractivity contribution in [1.82, 2.24) is 10.6 Å². The molecule has 0 saturated heterocycles. The van der Waals surface area contributed by atoms with Crippen molar-refractivity contribution in [1.29, 1.82) is 0 Å². The summed E-state index contributed by atoms with van der Waals surface area (Å²) in [5, 5.41) is 22.6. The van der Waals surface area contributed by atoms with Crippen LogP contribution in [0.15, 0.2) is 0 Å². The Morgan fingerprint density at radius 3 is 2.40 bits per heavy atom. The number of aliphatic hydroxyl groups is 1. The van der Waals surface area contributed by atoms with Crippen molar-refractivity contribution in [2.45, 2.75) is 32.4 Å². The van der Waals surface area contributed by atoms with Crippen LogP contribution >= 0.6 is 0 Å². The third kappa shape index (κ3) is 6.87. The monoisotopic (exact) mass is 218 g/mol. The maximum atomic E-state index is 10.7. The summed E-state index contributed by atoms with van der Waals surface area (Å²) in [6.07, 6.45) is 0.548. The van der Waals surface area contributed by atoms with Crippen LogP contribution in [0.2, 0.25) is 0 Å². The molecular formula is C9H18N2O4. The van der Waals surface area contributed by atoms with Crippen LogP contribution in [0.3, 0.4) is 0 Å². The fourth-order valence-electron chi connectivity index (χ4n) is 1.06. The van der Waals surface area contributed by atoms with Gasteiger partial charge in [0.2, 0.25) is 5.91 Å². The van der Waals surface area contributed by atoms with E-state index in [-0.39, 0.29) is 25.1 Å². The molecule has 0 aliphatic carbocycles. The predicted octanol–water partition coefficient (Wildman–Crippen LogP) is -1.06. The van der Waals surface area contributed by atoms with Gasteiger partial charge in [-0.3, -0.25) is 4.79 Å². The normalized spacial score (nSPS) is 14.3. The summed E-state index contributed by atoms with van der Waals surface area (Å²) in [7, 11) is 0. The summed E-state index contributed by atoms with van der Waals surface area (Å²) in [4.78, 5) is 21.4. The molecule has 0 aliphatic heterocycles. The van der Waals surface area contributed by atoms with Crippen LogP contribution in [0.5, 0.6) is 0 Å². The zero-order valence-corrected chi connectivity index (χ0v) is 8.99. The summed E-state index contributed by atoms with van der Waals surface area (Å²) in [5.41, 5.74) is 0. The molecule has 0 saturated carbocycles. The van der Waals surface area contributed by atoms with Crippen molar-refractivity contribution in [3.8, 4) is 0 Å². The highest BCUT2D eigenvalue weighted by Crippen LogP contribution is 1.90. The van der Waals surface area contributed by atoms with Crippen molar-refractivity contribution in [3.05, 3.63) is 0 Å². The Hall–Kier alpha value is -1.14. The van der Waals surface area contributed by atoms with E-state index in [0.717, 1.165) is 0 Å². The van der Waals surface area contributed by atoms with Gasteiger partial charge in [-0.25, -0.2) is 4.79 Å². The summed E-state index contributed by atoms with van der Waals surface area (Å²) in [5.74, 6) is -1.45. The van der Waals surface area contributed by atoms with Crippen LogP contribution in [0.25, 0.3) is 0 Å². The van der Waals surface area contributed by atoms with E-state index in [1.54, 1.807) is 0 Å². The minimum absolute atomic E-state index is 0.0191. The van der Waals surface area contributed by atoms with Crippen LogP contribution in [0.1, 0.15) is 20.3 Å². The third-order valence-electron chi connectivity index (χ3n) is 1.91. The van der Waals surface area contributed by atoms with Crippen LogP contribution in [-0.2, 0) is 9.59 Å². The Labute approximate surface area is 88.7 Å². The van der Waals surface area contributed by atoms with E-state index < -0.39 is 12.0 Å². The highest BCUT2D eigenvalue weighted by atomic mass is 16.4. The number of carboxylic acids is 1. The molecule has 0 aromatic carbocycles. The van der Waals surface area contributed by atoms with Gasteiger partial charge < -0.3 is 20.8 Å². The Balaban J connectivity index is 3.96. The summed E-state index contributed by atoms with van der Waals surface area (Å²) in [6.45, 7) is 3.30. The number of carbonyl (C=O) groups excluding carboxylic acids is 1. The van der Waals surface area contributed by atoms with E-state index in [0.29, 0.717) is 6.42 Å². The van der Waals surface area contributed by atoms with Gasteiger partial charge in [-0.1, -0.05) is 0 Å². The van der Waals surface area contributed by atoms with Crippen molar-refractivity contribution >= 4 is 11.9 Å². The van der Waals surface area contributed by atoms with Gasteiger partial charge in [-0.05, 0) is 13.3 Å². The lowest BCUT2D eigenvalue weighted by Crippen LogP contribution is -2.48. The first-order chi connectivity index (χ1) is 6.97. The van der Waals surface area contributed by atoms with Gasteiger partial charge in [0, 0.05) is 26.1 Å². The molecule has 4 N–H and O–H groups in total. The molecule has 2 atom stereocenters. The Morgan fingerprint density at radius 2 is 2.00 bits per heavy atom. The first-order valence-corrected chi connectivity index (χ1v) is 4.81. The zero-order chi connectivity index (χ0) is 11.8. The lowest BCUT2D eigenvalue weighted by molar-refractivity contribution is -0.141. The Bertz CT molecular complexity index is 220. The van der Waals surface area contributed by atoms with Crippen molar-refractivity contribution in [2.75, 3.05) is 13.2 Å². The zero-order valence-electron chi connectivity index (χ0n) is 8.99. The van der Waals surface area contributed by atoms with Gasteiger partial charge in [0.25, 0.3) is 0 Å². The van der Waals surface area contributed by atoms with E-state index >= 15 is 0 Å². The molecule has 6 heteroatoms. The maximum absolute atomic E-state index is 10.7. The molecule has 0 rings (SSSR count). The number of amides is 1. The second kappa shape index (κ2) is 7.19. The van der Waals surface area contributed by atoms with E-state index in [9.17, 15) is 9.59 Å². The summed E-state index contributed by atoms with van der Waals surface area (Å²) < 4.78 is 0. The highest BCUT2D eigenvalue weighted by molar-refractivity contribution is 5.82. The second-order valence-corrected chi connectivity index (χ2v) is 3.41. The van der Waals surface area contributed by atoms with Gasteiger partial charge >= 0.3 is 5.97 Å². The number of aliphatic carboxylic acids is 1.